The first-order valence-electron chi connectivity index (χ1n) is 7.53. The first-order valence-corrected chi connectivity index (χ1v) is 7.53. The maximum Gasteiger partial charge on any atom is 0.227 e. The van der Waals surface area contributed by atoms with E-state index in [2.05, 4.69) is 27.8 Å². The minimum atomic E-state index is -0.279. The second-order valence-electron chi connectivity index (χ2n) is 5.64. The fraction of sp³-hybridized carbons (Fsp3) is 0.533. The monoisotopic (exact) mass is 287 g/mol. The Kier molecular flexibility index (Phi) is 3.88. The summed E-state index contributed by atoms with van der Waals surface area (Å²) in [6.07, 6.45) is 4.76. The second kappa shape index (κ2) is 5.81. The summed E-state index contributed by atoms with van der Waals surface area (Å²) < 4.78 is 1.90. The van der Waals surface area contributed by atoms with Crippen molar-refractivity contribution in [2.75, 3.05) is 13.1 Å². The van der Waals surface area contributed by atoms with Crippen molar-refractivity contribution < 1.29 is 4.79 Å². The van der Waals surface area contributed by atoms with E-state index in [0.717, 1.165) is 43.8 Å². The Morgan fingerprint density at radius 1 is 1.48 bits per heavy atom. The van der Waals surface area contributed by atoms with Crippen LogP contribution in [0.2, 0.25) is 0 Å². The van der Waals surface area contributed by atoms with Crippen molar-refractivity contribution >= 4 is 11.6 Å². The molecule has 0 radical (unpaired) electrons. The minimum absolute atomic E-state index is 0.116. The van der Waals surface area contributed by atoms with Crippen LogP contribution in [-0.2, 0) is 11.3 Å². The van der Waals surface area contributed by atoms with E-state index in [1.165, 1.54) is 0 Å². The molecule has 0 spiro atoms. The first kappa shape index (κ1) is 14.0. The average molecular weight is 287 g/mol. The van der Waals surface area contributed by atoms with Crippen molar-refractivity contribution in [2.24, 2.45) is 5.41 Å². The van der Waals surface area contributed by atoms with Crippen molar-refractivity contribution in [2.45, 2.75) is 32.7 Å². The number of fused-ring (bicyclic) bond motifs is 1. The van der Waals surface area contributed by atoms with Crippen LogP contribution in [-0.4, -0.2) is 33.6 Å². The maximum absolute atomic E-state index is 12.6. The van der Waals surface area contributed by atoms with Gasteiger partial charge in [-0.15, -0.1) is 10.2 Å². The summed E-state index contributed by atoms with van der Waals surface area (Å²) in [4.78, 5) is 12.6. The summed E-state index contributed by atoms with van der Waals surface area (Å²) in [7, 11) is 0. The number of pyridine rings is 1. The van der Waals surface area contributed by atoms with E-state index in [1.807, 2.05) is 28.8 Å². The Morgan fingerprint density at radius 2 is 2.38 bits per heavy atom. The molecule has 2 aromatic heterocycles. The number of nitrogens with one attached hydrogen (secondary N) is 2. The smallest absolute Gasteiger partial charge is 0.227 e. The molecular weight excluding hydrogens is 266 g/mol. The highest BCUT2D eigenvalue weighted by molar-refractivity contribution is 5.82. The molecule has 1 saturated heterocycles. The van der Waals surface area contributed by atoms with Crippen molar-refractivity contribution in [3.8, 4) is 0 Å². The molecule has 2 N–H and O–H groups in total. The van der Waals surface area contributed by atoms with Gasteiger partial charge in [-0.2, -0.15) is 0 Å². The molecule has 3 rings (SSSR count). The highest BCUT2D eigenvalue weighted by Gasteiger charge is 2.37. The topological polar surface area (TPSA) is 71.3 Å². The molecule has 1 aliphatic heterocycles. The zero-order valence-electron chi connectivity index (χ0n) is 12.3. The van der Waals surface area contributed by atoms with E-state index in [-0.39, 0.29) is 11.3 Å². The highest BCUT2D eigenvalue weighted by Crippen LogP contribution is 2.30. The second-order valence-corrected chi connectivity index (χ2v) is 5.64. The molecule has 0 bridgehead atoms. The van der Waals surface area contributed by atoms with Crippen LogP contribution in [0.1, 0.15) is 32.0 Å². The quantitative estimate of drug-likeness (QED) is 0.884. The number of aromatic nitrogens is 3. The number of hydrogen-bond donors (Lipinski definition) is 2. The van der Waals surface area contributed by atoms with Gasteiger partial charge in [0.15, 0.2) is 11.5 Å². The van der Waals surface area contributed by atoms with Crippen LogP contribution >= 0.6 is 0 Å². The van der Waals surface area contributed by atoms with Gasteiger partial charge in [0.1, 0.15) is 0 Å². The Hall–Kier alpha value is -1.95. The van der Waals surface area contributed by atoms with Crippen LogP contribution in [0.3, 0.4) is 0 Å². The third-order valence-electron chi connectivity index (χ3n) is 4.42. The third kappa shape index (κ3) is 2.63. The SMILES string of the molecule is CCC1(C(=O)NCc2nnc3ccccn23)CCCNC1. The zero-order chi connectivity index (χ0) is 14.7. The predicted molar refractivity (Wildman–Crippen MR) is 79.7 cm³/mol. The van der Waals surface area contributed by atoms with Crippen LogP contribution in [0.15, 0.2) is 24.4 Å². The zero-order valence-corrected chi connectivity index (χ0v) is 12.3. The van der Waals surface area contributed by atoms with Crippen molar-refractivity contribution in [3.63, 3.8) is 0 Å². The lowest BCUT2D eigenvalue weighted by atomic mass is 9.77. The molecular formula is C15H21N5O. The highest BCUT2D eigenvalue weighted by atomic mass is 16.2. The van der Waals surface area contributed by atoms with Gasteiger partial charge in [0.25, 0.3) is 0 Å². The van der Waals surface area contributed by atoms with Crippen molar-refractivity contribution in [1.82, 2.24) is 25.2 Å². The number of carbonyl (C=O) groups excluding carboxylic acids is 1. The Balaban J connectivity index is 1.70. The number of carbonyl (C=O) groups is 1. The lowest BCUT2D eigenvalue weighted by Crippen LogP contribution is -2.50. The van der Waals surface area contributed by atoms with Crippen LogP contribution < -0.4 is 10.6 Å². The third-order valence-corrected chi connectivity index (χ3v) is 4.42. The van der Waals surface area contributed by atoms with Crippen LogP contribution in [0.4, 0.5) is 0 Å². The molecule has 0 aromatic carbocycles. The number of amides is 1. The molecule has 6 heteroatoms. The summed E-state index contributed by atoms with van der Waals surface area (Å²) in [5.41, 5.74) is 0.518. The molecule has 3 heterocycles. The van der Waals surface area contributed by atoms with Gasteiger partial charge in [-0.3, -0.25) is 9.20 Å². The number of piperidine rings is 1. The van der Waals surface area contributed by atoms with E-state index in [1.54, 1.807) is 0 Å². The van der Waals surface area contributed by atoms with Crippen LogP contribution in [0.25, 0.3) is 5.65 Å². The van der Waals surface area contributed by atoms with Crippen molar-refractivity contribution in [3.05, 3.63) is 30.2 Å². The van der Waals surface area contributed by atoms with E-state index in [4.69, 9.17) is 0 Å². The predicted octanol–water partition coefficient (Wildman–Crippen LogP) is 1.13. The molecule has 1 aliphatic rings. The summed E-state index contributed by atoms with van der Waals surface area (Å²) in [6, 6.07) is 5.75. The minimum Gasteiger partial charge on any atom is -0.348 e. The first-order chi connectivity index (χ1) is 10.2. The van der Waals surface area contributed by atoms with E-state index < -0.39 is 0 Å². The van der Waals surface area contributed by atoms with Crippen LogP contribution in [0.5, 0.6) is 0 Å². The fourth-order valence-electron chi connectivity index (χ4n) is 2.98. The molecule has 0 aliphatic carbocycles. The Labute approximate surface area is 123 Å². The molecule has 1 amide bonds. The van der Waals surface area contributed by atoms with E-state index in [0.29, 0.717) is 6.54 Å². The average Bonchev–Trinajstić information content (AvgIpc) is 2.96. The normalized spacial score (nSPS) is 22.3. The Bertz CT molecular complexity index is 630. The fourth-order valence-corrected chi connectivity index (χ4v) is 2.98. The van der Waals surface area contributed by atoms with Gasteiger partial charge in [-0.05, 0) is 37.9 Å². The lowest BCUT2D eigenvalue weighted by Gasteiger charge is -2.35. The molecule has 112 valence electrons. The number of rotatable bonds is 4. The molecule has 21 heavy (non-hydrogen) atoms. The Morgan fingerprint density at radius 3 is 3.14 bits per heavy atom. The lowest BCUT2D eigenvalue weighted by molar-refractivity contribution is -0.132. The van der Waals surface area contributed by atoms with Gasteiger partial charge >= 0.3 is 0 Å². The molecule has 1 atom stereocenters. The van der Waals surface area contributed by atoms with Gasteiger partial charge in [0.2, 0.25) is 5.91 Å². The van der Waals surface area contributed by atoms with Gasteiger partial charge in [0, 0.05) is 12.7 Å². The van der Waals surface area contributed by atoms with Gasteiger partial charge in [-0.1, -0.05) is 13.0 Å². The van der Waals surface area contributed by atoms with Crippen LogP contribution in [0, 0.1) is 5.41 Å². The van der Waals surface area contributed by atoms with Crippen molar-refractivity contribution in [1.29, 1.82) is 0 Å². The van der Waals surface area contributed by atoms with E-state index in [9.17, 15) is 4.79 Å². The molecule has 6 nitrogen and oxygen atoms in total. The van der Waals surface area contributed by atoms with Gasteiger partial charge in [-0.25, -0.2) is 0 Å². The standard InChI is InChI=1S/C15H21N5O/c1-2-15(7-5-8-16-11-15)14(21)17-10-13-19-18-12-6-3-4-9-20(12)13/h3-4,6,9,16H,2,5,7-8,10-11H2,1H3,(H,17,21). The molecule has 1 unspecified atom stereocenters. The molecule has 1 fully saturated rings. The summed E-state index contributed by atoms with van der Waals surface area (Å²) in [6.45, 7) is 4.25. The number of nitrogens with zero attached hydrogens (tertiary/aromatic N) is 3. The van der Waals surface area contributed by atoms with E-state index >= 15 is 0 Å². The maximum atomic E-state index is 12.6. The van der Waals surface area contributed by atoms with Gasteiger partial charge in [0.05, 0.1) is 12.0 Å². The summed E-state index contributed by atoms with van der Waals surface area (Å²) >= 11 is 0. The number of hydrogen-bond acceptors (Lipinski definition) is 4. The summed E-state index contributed by atoms with van der Waals surface area (Å²) in [5, 5.41) is 14.6. The molecule has 0 saturated carbocycles. The largest absolute Gasteiger partial charge is 0.348 e. The molecule has 2 aromatic rings. The summed E-state index contributed by atoms with van der Waals surface area (Å²) in [5.74, 6) is 0.874. The van der Waals surface area contributed by atoms with Gasteiger partial charge < -0.3 is 10.6 Å².